The van der Waals surface area contributed by atoms with Crippen molar-refractivity contribution in [3.8, 4) is 17.0 Å². The third-order valence-corrected chi connectivity index (χ3v) is 3.14. The number of rotatable bonds is 4. The molecule has 0 bridgehead atoms. The Bertz CT molecular complexity index is 534. The molecule has 2 rings (SSSR count). The van der Waals surface area contributed by atoms with Crippen molar-refractivity contribution in [2.24, 2.45) is 12.8 Å². The van der Waals surface area contributed by atoms with Gasteiger partial charge >= 0.3 is 0 Å². The molecule has 1 aromatic heterocycles. The fourth-order valence-electron chi connectivity index (χ4n) is 1.92. The van der Waals surface area contributed by atoms with Crippen molar-refractivity contribution < 1.29 is 4.74 Å². The van der Waals surface area contributed by atoms with Gasteiger partial charge in [0.05, 0.1) is 12.8 Å². The number of methoxy groups -OCH3 is 1. The van der Waals surface area contributed by atoms with Gasteiger partial charge in [0.15, 0.2) is 5.15 Å². The van der Waals surface area contributed by atoms with Gasteiger partial charge < -0.3 is 15.0 Å². The van der Waals surface area contributed by atoms with Crippen LogP contribution in [0.15, 0.2) is 24.3 Å². The van der Waals surface area contributed by atoms with Crippen molar-refractivity contribution in [2.45, 2.75) is 6.42 Å². The van der Waals surface area contributed by atoms with Gasteiger partial charge in [0, 0.05) is 19.0 Å². The van der Waals surface area contributed by atoms with E-state index in [9.17, 15) is 0 Å². The van der Waals surface area contributed by atoms with E-state index in [2.05, 4.69) is 4.98 Å². The molecule has 0 atom stereocenters. The lowest BCUT2D eigenvalue weighted by Crippen LogP contribution is -2.08. The van der Waals surface area contributed by atoms with Crippen LogP contribution in [0.4, 0.5) is 0 Å². The van der Waals surface area contributed by atoms with E-state index in [4.69, 9.17) is 22.1 Å². The van der Waals surface area contributed by atoms with Gasteiger partial charge in [-0.05, 0) is 30.8 Å². The summed E-state index contributed by atoms with van der Waals surface area (Å²) in [5.74, 6) is 1.72. The van der Waals surface area contributed by atoms with E-state index in [1.165, 1.54) is 0 Å². The first-order chi connectivity index (χ1) is 8.67. The first-order valence-electron chi connectivity index (χ1n) is 5.73. The highest BCUT2D eigenvalue weighted by Gasteiger charge is 2.14. The molecular weight excluding hydrogens is 250 g/mol. The van der Waals surface area contributed by atoms with E-state index >= 15 is 0 Å². The summed E-state index contributed by atoms with van der Waals surface area (Å²) in [6.45, 7) is 0.559. The van der Waals surface area contributed by atoms with Crippen molar-refractivity contribution >= 4 is 11.6 Å². The molecule has 5 heteroatoms. The molecule has 0 aliphatic heterocycles. The fraction of sp³-hybridized carbons (Fsp3) is 0.308. The van der Waals surface area contributed by atoms with Crippen LogP contribution in [0, 0.1) is 0 Å². The zero-order valence-corrected chi connectivity index (χ0v) is 11.2. The van der Waals surface area contributed by atoms with Crippen LogP contribution >= 0.6 is 11.6 Å². The molecule has 0 aliphatic rings. The third-order valence-electron chi connectivity index (χ3n) is 2.88. The second kappa shape index (κ2) is 5.42. The normalized spacial score (nSPS) is 10.7. The van der Waals surface area contributed by atoms with E-state index < -0.39 is 0 Å². The lowest BCUT2D eigenvalue weighted by Gasteiger charge is -2.06. The largest absolute Gasteiger partial charge is 0.497 e. The number of aromatic nitrogens is 2. The molecule has 1 aromatic carbocycles. The van der Waals surface area contributed by atoms with E-state index in [1.807, 2.05) is 35.9 Å². The summed E-state index contributed by atoms with van der Waals surface area (Å²) in [5, 5.41) is 0.506. The van der Waals surface area contributed by atoms with Crippen molar-refractivity contribution in [1.29, 1.82) is 0 Å². The quantitative estimate of drug-likeness (QED) is 0.923. The van der Waals surface area contributed by atoms with Crippen LogP contribution < -0.4 is 10.5 Å². The summed E-state index contributed by atoms with van der Waals surface area (Å²) in [6.07, 6.45) is 0.715. The van der Waals surface area contributed by atoms with E-state index in [0.717, 1.165) is 22.8 Å². The molecule has 4 nitrogen and oxygen atoms in total. The fourth-order valence-corrected chi connectivity index (χ4v) is 2.26. The van der Waals surface area contributed by atoms with Gasteiger partial charge in [0.1, 0.15) is 11.6 Å². The lowest BCUT2D eigenvalue weighted by molar-refractivity contribution is 0.415. The number of halogens is 1. The highest BCUT2D eigenvalue weighted by Crippen LogP contribution is 2.29. The van der Waals surface area contributed by atoms with Crippen molar-refractivity contribution in [1.82, 2.24) is 9.55 Å². The summed E-state index contributed by atoms with van der Waals surface area (Å²) in [7, 11) is 3.59. The molecule has 0 unspecified atom stereocenters. The molecule has 0 saturated carbocycles. The standard InChI is InChI=1S/C13H16ClN3O/c1-17-11(7-8-15)16-13(14)12(17)9-3-5-10(18-2)6-4-9/h3-6H,7-8,15H2,1-2H3. The molecule has 2 aromatic rings. The van der Waals surface area contributed by atoms with Crippen LogP contribution in [0.3, 0.4) is 0 Å². The Morgan fingerprint density at radius 1 is 1.33 bits per heavy atom. The smallest absolute Gasteiger partial charge is 0.155 e. The average molecular weight is 266 g/mol. The Kier molecular flexibility index (Phi) is 3.89. The minimum atomic E-state index is 0.506. The Morgan fingerprint density at radius 2 is 2.00 bits per heavy atom. The van der Waals surface area contributed by atoms with Crippen molar-refractivity contribution in [2.75, 3.05) is 13.7 Å². The van der Waals surface area contributed by atoms with Gasteiger partial charge in [0.2, 0.25) is 0 Å². The number of ether oxygens (including phenoxy) is 1. The van der Waals surface area contributed by atoms with Crippen molar-refractivity contribution in [3.63, 3.8) is 0 Å². The molecule has 0 radical (unpaired) electrons. The van der Waals surface area contributed by atoms with E-state index in [0.29, 0.717) is 18.1 Å². The molecule has 0 spiro atoms. The van der Waals surface area contributed by atoms with Gasteiger partial charge in [-0.1, -0.05) is 11.6 Å². The van der Waals surface area contributed by atoms with Crippen LogP contribution in [0.2, 0.25) is 5.15 Å². The minimum absolute atomic E-state index is 0.506. The molecule has 0 amide bonds. The molecule has 96 valence electrons. The topological polar surface area (TPSA) is 53.1 Å². The number of nitrogens with zero attached hydrogens (tertiary/aromatic N) is 2. The Labute approximate surface area is 111 Å². The number of hydrogen-bond donors (Lipinski definition) is 1. The van der Waals surface area contributed by atoms with E-state index in [-0.39, 0.29) is 0 Å². The average Bonchev–Trinajstić information content (AvgIpc) is 2.65. The van der Waals surface area contributed by atoms with Gasteiger partial charge in [0.25, 0.3) is 0 Å². The summed E-state index contributed by atoms with van der Waals surface area (Å²) in [4.78, 5) is 4.34. The SMILES string of the molecule is COc1ccc(-c2c(Cl)nc(CCN)n2C)cc1. The highest BCUT2D eigenvalue weighted by atomic mass is 35.5. The maximum atomic E-state index is 6.19. The molecule has 0 saturated heterocycles. The summed E-state index contributed by atoms with van der Waals surface area (Å²) in [5.41, 5.74) is 7.47. The molecule has 18 heavy (non-hydrogen) atoms. The minimum Gasteiger partial charge on any atom is -0.497 e. The predicted molar refractivity (Wildman–Crippen MR) is 73.0 cm³/mol. The molecule has 1 heterocycles. The van der Waals surface area contributed by atoms with Gasteiger partial charge in [-0.25, -0.2) is 4.98 Å². The number of imidazole rings is 1. The second-order valence-corrected chi connectivity index (χ2v) is 4.35. The first-order valence-corrected chi connectivity index (χ1v) is 6.10. The zero-order valence-electron chi connectivity index (χ0n) is 10.5. The maximum Gasteiger partial charge on any atom is 0.155 e. The van der Waals surface area contributed by atoms with Gasteiger partial charge in [-0.15, -0.1) is 0 Å². The Hall–Kier alpha value is -1.52. The second-order valence-electron chi connectivity index (χ2n) is 3.99. The summed E-state index contributed by atoms with van der Waals surface area (Å²) < 4.78 is 7.12. The van der Waals surface area contributed by atoms with Gasteiger partial charge in [-0.3, -0.25) is 0 Å². The maximum absolute atomic E-state index is 6.19. The van der Waals surface area contributed by atoms with Crippen LogP contribution in [-0.4, -0.2) is 23.2 Å². The van der Waals surface area contributed by atoms with E-state index in [1.54, 1.807) is 7.11 Å². The highest BCUT2D eigenvalue weighted by molar-refractivity contribution is 6.32. The number of hydrogen-bond acceptors (Lipinski definition) is 3. The molecule has 0 aliphatic carbocycles. The Balaban J connectivity index is 2.43. The monoisotopic (exact) mass is 265 g/mol. The Morgan fingerprint density at radius 3 is 2.56 bits per heavy atom. The van der Waals surface area contributed by atoms with Crippen LogP contribution in [0.25, 0.3) is 11.3 Å². The predicted octanol–water partition coefficient (Wildman–Crippen LogP) is 2.25. The molecular formula is C13H16ClN3O. The van der Waals surface area contributed by atoms with Crippen LogP contribution in [0.1, 0.15) is 5.82 Å². The third kappa shape index (κ3) is 2.35. The van der Waals surface area contributed by atoms with Crippen LogP contribution in [-0.2, 0) is 13.5 Å². The number of nitrogens with two attached hydrogens (primary N) is 1. The van der Waals surface area contributed by atoms with Crippen LogP contribution in [0.5, 0.6) is 5.75 Å². The number of benzene rings is 1. The lowest BCUT2D eigenvalue weighted by atomic mass is 10.1. The zero-order chi connectivity index (χ0) is 13.1. The molecule has 0 fully saturated rings. The summed E-state index contributed by atoms with van der Waals surface area (Å²) >= 11 is 6.19. The summed E-state index contributed by atoms with van der Waals surface area (Å²) in [6, 6.07) is 7.74. The first kappa shape index (κ1) is 12.9. The molecule has 2 N–H and O–H groups in total. The van der Waals surface area contributed by atoms with Gasteiger partial charge in [-0.2, -0.15) is 0 Å². The van der Waals surface area contributed by atoms with Crippen molar-refractivity contribution in [3.05, 3.63) is 35.2 Å².